The zero-order chi connectivity index (χ0) is 21.5. The Morgan fingerprint density at radius 1 is 1.29 bits per heavy atom. The molecule has 0 bridgehead atoms. The highest BCUT2D eigenvalue weighted by molar-refractivity contribution is 6.31. The molecule has 1 aromatic heterocycles. The van der Waals surface area contributed by atoms with E-state index in [1.54, 1.807) is 17.0 Å². The molecule has 7 nitrogen and oxygen atoms in total. The molecule has 1 N–H and O–H groups in total. The first kappa shape index (κ1) is 20.0. The predicted molar refractivity (Wildman–Crippen MR) is 120 cm³/mol. The van der Waals surface area contributed by atoms with E-state index in [1.165, 1.54) is 0 Å². The lowest BCUT2D eigenvalue weighted by Gasteiger charge is -2.19. The number of carbonyl (C=O) groups is 2. The minimum atomic E-state index is -0.648. The molecule has 0 spiro atoms. The maximum absolute atomic E-state index is 13.4. The first-order valence-electron chi connectivity index (χ1n) is 10.5. The van der Waals surface area contributed by atoms with Gasteiger partial charge < -0.3 is 10.1 Å². The monoisotopic (exact) mass is 438 g/mol. The third-order valence-electron chi connectivity index (χ3n) is 5.93. The third-order valence-corrected chi connectivity index (χ3v) is 6.33. The van der Waals surface area contributed by atoms with E-state index in [-0.39, 0.29) is 24.3 Å². The maximum Gasteiger partial charge on any atom is 0.253 e. The summed E-state index contributed by atoms with van der Waals surface area (Å²) in [6.45, 7) is 3.07. The number of fused-ring (bicyclic) bond motifs is 3. The molecule has 31 heavy (non-hydrogen) atoms. The zero-order valence-corrected chi connectivity index (χ0v) is 17.9. The van der Waals surface area contributed by atoms with Gasteiger partial charge >= 0.3 is 0 Å². The van der Waals surface area contributed by atoms with E-state index in [9.17, 15) is 9.59 Å². The second kappa shape index (κ2) is 7.98. The van der Waals surface area contributed by atoms with Gasteiger partial charge in [-0.1, -0.05) is 29.8 Å². The number of ether oxygens (including phenoxy) is 1. The molecule has 2 atom stereocenters. The van der Waals surface area contributed by atoms with Crippen molar-refractivity contribution in [3.8, 4) is 0 Å². The molecule has 2 amide bonds. The molecule has 2 aromatic carbocycles. The second-order valence-electron chi connectivity index (χ2n) is 8.09. The first-order chi connectivity index (χ1) is 15.0. The minimum Gasteiger partial charge on any atom is -0.376 e. The topological polar surface area (TPSA) is 76.5 Å². The summed E-state index contributed by atoms with van der Waals surface area (Å²) < 4.78 is 7.63. The van der Waals surface area contributed by atoms with Crippen LogP contribution in [0.1, 0.15) is 30.9 Å². The van der Waals surface area contributed by atoms with Gasteiger partial charge in [0.15, 0.2) is 0 Å². The number of anilines is 2. The van der Waals surface area contributed by atoms with Gasteiger partial charge in [0.2, 0.25) is 11.9 Å². The molecule has 3 heterocycles. The molecule has 5 rings (SSSR count). The van der Waals surface area contributed by atoms with Gasteiger partial charge in [0, 0.05) is 17.3 Å². The quantitative estimate of drug-likeness (QED) is 0.650. The highest BCUT2D eigenvalue weighted by atomic mass is 35.5. The average molecular weight is 439 g/mol. The Balaban J connectivity index is 1.43. The van der Waals surface area contributed by atoms with Crippen molar-refractivity contribution in [2.45, 2.75) is 38.3 Å². The number of aromatic nitrogens is 2. The Labute approximate surface area is 184 Å². The van der Waals surface area contributed by atoms with Gasteiger partial charge in [-0.05, 0) is 49.6 Å². The predicted octanol–water partition coefficient (Wildman–Crippen LogP) is 4.09. The van der Waals surface area contributed by atoms with Crippen LogP contribution in [0, 0.1) is 6.92 Å². The van der Waals surface area contributed by atoms with Crippen LogP contribution in [-0.2, 0) is 14.3 Å². The van der Waals surface area contributed by atoms with E-state index >= 15 is 0 Å². The Kier molecular flexibility index (Phi) is 5.16. The summed E-state index contributed by atoms with van der Waals surface area (Å²) in [5.41, 5.74) is 3.19. The molecular formula is C23H23ClN4O3. The van der Waals surface area contributed by atoms with Crippen LogP contribution < -0.4 is 10.2 Å². The van der Waals surface area contributed by atoms with Crippen LogP contribution in [0.2, 0.25) is 5.02 Å². The molecule has 2 aliphatic rings. The minimum absolute atomic E-state index is 0.000473. The van der Waals surface area contributed by atoms with Crippen molar-refractivity contribution >= 4 is 46.1 Å². The van der Waals surface area contributed by atoms with Crippen molar-refractivity contribution in [1.29, 1.82) is 0 Å². The fraction of sp³-hybridized carbons (Fsp3) is 0.348. The number of benzene rings is 2. The fourth-order valence-corrected chi connectivity index (χ4v) is 4.50. The highest BCUT2D eigenvalue weighted by Crippen LogP contribution is 2.37. The van der Waals surface area contributed by atoms with E-state index < -0.39 is 6.04 Å². The number of nitrogens with one attached hydrogen (secondary N) is 1. The van der Waals surface area contributed by atoms with E-state index in [0.29, 0.717) is 29.8 Å². The summed E-state index contributed by atoms with van der Waals surface area (Å²) in [4.78, 5) is 32.6. The average Bonchev–Trinajstić information content (AvgIpc) is 3.45. The maximum atomic E-state index is 13.4. The van der Waals surface area contributed by atoms with Gasteiger partial charge in [-0.2, -0.15) is 0 Å². The van der Waals surface area contributed by atoms with Crippen molar-refractivity contribution in [2.24, 2.45) is 0 Å². The number of carbonyl (C=O) groups excluding carboxylic acids is 2. The molecule has 1 fully saturated rings. The van der Waals surface area contributed by atoms with Crippen LogP contribution in [0.3, 0.4) is 0 Å². The van der Waals surface area contributed by atoms with Crippen LogP contribution in [0.4, 0.5) is 11.6 Å². The van der Waals surface area contributed by atoms with Gasteiger partial charge in [-0.15, -0.1) is 0 Å². The molecular weight excluding hydrogens is 416 g/mol. The number of rotatable bonds is 5. The van der Waals surface area contributed by atoms with E-state index in [0.717, 1.165) is 29.4 Å². The standard InChI is InChI=1S/C23H23ClN4O3/c1-14-8-9-15(11-17(14)24)25-21(29)12-20-22(30)27(13-16-5-4-10-31-16)23-26-18-6-2-3-7-19(18)28(20)23/h2-3,6-9,11,16,20H,4-5,10,12-13H2,1H3,(H,25,29)/t16-,20-/m1/s1. The first-order valence-corrected chi connectivity index (χ1v) is 10.8. The number of halogens is 1. The van der Waals surface area contributed by atoms with Gasteiger partial charge in [-0.25, -0.2) is 4.98 Å². The molecule has 1 saturated heterocycles. The smallest absolute Gasteiger partial charge is 0.253 e. The van der Waals surface area contributed by atoms with E-state index in [2.05, 4.69) is 5.32 Å². The zero-order valence-electron chi connectivity index (χ0n) is 17.2. The van der Waals surface area contributed by atoms with Crippen LogP contribution in [0.15, 0.2) is 42.5 Å². The summed E-state index contributed by atoms with van der Waals surface area (Å²) in [5, 5.41) is 3.45. The van der Waals surface area contributed by atoms with Crippen molar-refractivity contribution in [1.82, 2.24) is 9.55 Å². The Hall–Kier alpha value is -2.90. The number of hydrogen-bond donors (Lipinski definition) is 1. The van der Waals surface area contributed by atoms with Crippen LogP contribution in [0.25, 0.3) is 11.0 Å². The normalized spacial score (nSPS) is 20.5. The van der Waals surface area contributed by atoms with Crippen LogP contribution >= 0.6 is 11.6 Å². The summed E-state index contributed by atoms with van der Waals surface area (Å²) in [5.74, 6) is 0.208. The summed E-state index contributed by atoms with van der Waals surface area (Å²) in [6, 6.07) is 12.4. The second-order valence-corrected chi connectivity index (χ2v) is 8.49. The Morgan fingerprint density at radius 3 is 2.90 bits per heavy atom. The van der Waals surface area contributed by atoms with Gasteiger partial charge in [0.25, 0.3) is 5.91 Å². The number of hydrogen-bond acceptors (Lipinski definition) is 4. The van der Waals surface area contributed by atoms with Crippen molar-refractivity contribution in [3.05, 3.63) is 53.1 Å². The van der Waals surface area contributed by atoms with Gasteiger partial charge in [0.1, 0.15) is 6.04 Å². The van der Waals surface area contributed by atoms with Crippen LogP contribution in [0.5, 0.6) is 0 Å². The number of aryl methyl sites for hydroxylation is 1. The van der Waals surface area contributed by atoms with Gasteiger partial charge in [0.05, 0.1) is 30.1 Å². The lowest BCUT2D eigenvalue weighted by molar-refractivity contribution is -0.124. The van der Waals surface area contributed by atoms with Crippen LogP contribution in [-0.4, -0.2) is 40.6 Å². The largest absolute Gasteiger partial charge is 0.376 e. The SMILES string of the molecule is Cc1ccc(NC(=O)C[C@@H]2C(=O)N(C[C@H]3CCCO3)c3nc4ccccc4n32)cc1Cl. The summed E-state index contributed by atoms with van der Waals surface area (Å²) >= 11 is 6.17. The number of nitrogens with zero attached hydrogens (tertiary/aromatic N) is 3. The van der Waals surface area contributed by atoms with E-state index in [4.69, 9.17) is 21.3 Å². The Morgan fingerprint density at radius 2 is 2.13 bits per heavy atom. The molecule has 0 saturated carbocycles. The Bertz CT molecular complexity index is 1170. The molecule has 8 heteroatoms. The fourth-order valence-electron chi connectivity index (χ4n) is 4.32. The molecule has 0 unspecified atom stereocenters. The molecule has 0 aliphatic carbocycles. The number of para-hydroxylation sites is 2. The van der Waals surface area contributed by atoms with Crippen molar-refractivity contribution in [2.75, 3.05) is 23.4 Å². The number of amides is 2. The highest BCUT2D eigenvalue weighted by Gasteiger charge is 2.42. The lowest BCUT2D eigenvalue weighted by Crippen LogP contribution is -2.37. The van der Waals surface area contributed by atoms with Crippen molar-refractivity contribution < 1.29 is 14.3 Å². The molecule has 0 radical (unpaired) electrons. The van der Waals surface area contributed by atoms with E-state index in [1.807, 2.05) is 41.8 Å². The third kappa shape index (κ3) is 3.68. The molecule has 160 valence electrons. The molecule has 2 aliphatic heterocycles. The summed E-state index contributed by atoms with van der Waals surface area (Å²) in [7, 11) is 0. The van der Waals surface area contributed by atoms with Crippen molar-refractivity contribution in [3.63, 3.8) is 0 Å². The molecule has 3 aromatic rings. The lowest BCUT2D eigenvalue weighted by atomic mass is 10.1. The summed E-state index contributed by atoms with van der Waals surface area (Å²) in [6.07, 6.45) is 1.93. The number of imidazole rings is 1. The van der Waals surface area contributed by atoms with Gasteiger partial charge in [-0.3, -0.25) is 19.1 Å².